The van der Waals surface area contributed by atoms with Crippen LogP contribution in [0.2, 0.25) is 0 Å². The second-order valence-electron chi connectivity index (χ2n) is 6.17. The molecule has 2 atom stereocenters. The summed E-state index contributed by atoms with van der Waals surface area (Å²) >= 11 is 0. The largest absolute Gasteiger partial charge is 0.375 e. The molecule has 0 bridgehead atoms. The minimum absolute atomic E-state index is 0.0711. The van der Waals surface area contributed by atoms with Crippen molar-refractivity contribution in [3.8, 4) is 0 Å². The summed E-state index contributed by atoms with van der Waals surface area (Å²) in [5.41, 5.74) is 4.51. The van der Waals surface area contributed by atoms with Crippen molar-refractivity contribution in [1.29, 1.82) is 0 Å². The number of piperazine rings is 1. The molecule has 4 nitrogen and oxygen atoms in total. The van der Waals surface area contributed by atoms with Gasteiger partial charge in [-0.3, -0.25) is 0 Å². The van der Waals surface area contributed by atoms with E-state index in [1.165, 1.54) is 39.0 Å². The lowest BCUT2D eigenvalue weighted by Gasteiger charge is -2.45. The summed E-state index contributed by atoms with van der Waals surface area (Å²) in [7, 11) is 0. The molecule has 0 saturated carbocycles. The van der Waals surface area contributed by atoms with Crippen molar-refractivity contribution < 1.29 is 20.7 Å². The average molecular weight is 230 g/mol. The van der Waals surface area contributed by atoms with Gasteiger partial charge >= 0.3 is 0 Å². The molecule has 1 spiro atoms. The molecule has 94 valence electrons. The molecule has 0 aromatic carbocycles. The van der Waals surface area contributed by atoms with Crippen molar-refractivity contribution in [1.82, 2.24) is 0 Å². The normalized spacial score (nSPS) is 38.8. The maximum Gasteiger partial charge on any atom is 0.151 e. The van der Waals surface area contributed by atoms with Gasteiger partial charge in [0.2, 0.25) is 0 Å². The lowest BCUT2D eigenvalue weighted by molar-refractivity contribution is -0.973. The van der Waals surface area contributed by atoms with E-state index in [1.807, 2.05) is 0 Å². The van der Waals surface area contributed by atoms with Crippen LogP contribution in [0.15, 0.2) is 0 Å². The Bertz CT molecular complexity index is 238. The first kappa shape index (κ1) is 12.3. The molecule has 0 aromatic rings. The van der Waals surface area contributed by atoms with Crippen LogP contribution in [0.4, 0.5) is 0 Å². The third kappa shape index (κ3) is 2.74. The van der Waals surface area contributed by atoms with Crippen molar-refractivity contribution in [3.63, 3.8) is 0 Å². The smallest absolute Gasteiger partial charge is 0.151 e. The number of nitrogens with two attached hydrogens (primary N) is 1. The molecule has 16 heavy (non-hydrogen) atoms. The third-order valence-electron chi connectivity index (χ3n) is 4.08. The van der Waals surface area contributed by atoms with Crippen molar-refractivity contribution in [3.05, 3.63) is 0 Å². The first-order valence-electron chi connectivity index (χ1n) is 6.66. The number of nitrogens with one attached hydrogen (secondary N) is 1. The molecule has 2 aliphatic heterocycles. The molecule has 4 heteroatoms. The molecule has 0 aliphatic carbocycles. The van der Waals surface area contributed by atoms with E-state index < -0.39 is 0 Å². The zero-order chi connectivity index (χ0) is 11.6. The van der Waals surface area contributed by atoms with Gasteiger partial charge < -0.3 is 20.7 Å². The van der Waals surface area contributed by atoms with Crippen LogP contribution in [0.3, 0.4) is 0 Å². The zero-order valence-corrected chi connectivity index (χ0v) is 10.8. The Labute approximate surface area is 98.5 Å². The zero-order valence-electron chi connectivity index (χ0n) is 10.8. The summed E-state index contributed by atoms with van der Waals surface area (Å²) in [6.45, 7) is 11.6. The highest BCUT2D eigenvalue weighted by Gasteiger charge is 2.48. The summed E-state index contributed by atoms with van der Waals surface area (Å²) in [6.07, 6.45) is 2.41. The molecule has 2 rings (SSSR count). The summed E-state index contributed by atoms with van der Waals surface area (Å²) < 4.78 is 5.85. The van der Waals surface area contributed by atoms with Gasteiger partial charge in [0.05, 0.1) is 12.2 Å². The van der Waals surface area contributed by atoms with Crippen LogP contribution >= 0.6 is 0 Å². The van der Waals surface area contributed by atoms with Crippen molar-refractivity contribution in [2.24, 2.45) is 0 Å². The van der Waals surface area contributed by atoms with E-state index in [-0.39, 0.29) is 5.60 Å². The van der Waals surface area contributed by atoms with Crippen molar-refractivity contribution >= 4 is 0 Å². The van der Waals surface area contributed by atoms with Gasteiger partial charge in [-0.1, -0.05) is 0 Å². The Morgan fingerprint density at radius 3 is 2.94 bits per heavy atom. The minimum atomic E-state index is 0.0711. The molecule has 2 heterocycles. The molecule has 2 aliphatic rings. The summed E-state index contributed by atoms with van der Waals surface area (Å²) in [6, 6.07) is 0. The fourth-order valence-electron chi connectivity index (χ4n) is 3.55. The third-order valence-corrected chi connectivity index (χ3v) is 4.08. The Morgan fingerprint density at radius 2 is 2.25 bits per heavy atom. The fourth-order valence-corrected chi connectivity index (χ4v) is 3.55. The van der Waals surface area contributed by atoms with E-state index in [0.29, 0.717) is 5.54 Å². The molecule has 1 unspecified atom stereocenters. The van der Waals surface area contributed by atoms with Gasteiger partial charge in [0, 0.05) is 12.8 Å². The molecular weight excluding hydrogens is 202 g/mol. The van der Waals surface area contributed by atoms with E-state index in [2.05, 4.69) is 24.9 Å². The van der Waals surface area contributed by atoms with Crippen LogP contribution in [0.25, 0.3) is 0 Å². The van der Waals surface area contributed by atoms with Gasteiger partial charge in [0.25, 0.3) is 0 Å². The van der Waals surface area contributed by atoms with Gasteiger partial charge in [-0.25, -0.2) is 0 Å². The van der Waals surface area contributed by atoms with E-state index in [4.69, 9.17) is 4.74 Å². The molecule has 2 saturated heterocycles. The summed E-state index contributed by atoms with van der Waals surface area (Å²) in [5, 5.41) is 2.59. The fraction of sp³-hybridized carbons (Fsp3) is 1.00. The quantitative estimate of drug-likeness (QED) is 0.466. The number of hydrogen-bond donors (Lipinski definition) is 3. The van der Waals surface area contributed by atoms with E-state index in [9.17, 15) is 0 Å². The van der Waals surface area contributed by atoms with E-state index >= 15 is 0 Å². The van der Waals surface area contributed by atoms with Crippen molar-refractivity contribution in [2.75, 3.05) is 39.3 Å². The first-order valence-corrected chi connectivity index (χ1v) is 6.66. The Hall–Kier alpha value is -0.160. The first-order chi connectivity index (χ1) is 7.55. The highest BCUT2D eigenvalue weighted by Crippen LogP contribution is 2.28. The summed E-state index contributed by atoms with van der Waals surface area (Å²) in [4.78, 5) is 1.75. The Balaban J connectivity index is 2.00. The minimum Gasteiger partial charge on any atom is -0.375 e. The van der Waals surface area contributed by atoms with Crippen LogP contribution in [0.5, 0.6) is 0 Å². The average Bonchev–Trinajstić information content (AvgIpc) is 2.16. The lowest BCUT2D eigenvalue weighted by atomic mass is 9.80. The number of hydrogen-bond acceptors (Lipinski definition) is 1. The van der Waals surface area contributed by atoms with Gasteiger partial charge in [-0.15, -0.1) is 0 Å². The van der Waals surface area contributed by atoms with Gasteiger partial charge in [-0.05, 0) is 13.8 Å². The van der Waals surface area contributed by atoms with Gasteiger partial charge in [0.1, 0.15) is 32.7 Å². The Kier molecular flexibility index (Phi) is 3.54. The number of quaternary nitrogens is 3. The predicted octanol–water partition coefficient (Wildman–Crippen LogP) is -2.98. The second kappa shape index (κ2) is 4.61. The van der Waals surface area contributed by atoms with Crippen LogP contribution < -0.4 is 16.0 Å². The monoisotopic (exact) mass is 230 g/mol. The molecule has 0 amide bonds. The van der Waals surface area contributed by atoms with Gasteiger partial charge in [0.15, 0.2) is 5.54 Å². The predicted molar refractivity (Wildman–Crippen MR) is 62.1 cm³/mol. The molecule has 6 N–H and O–H groups in total. The number of ether oxygens (including phenoxy) is 1. The maximum absolute atomic E-state index is 5.85. The SMILES string of the molecule is CC1(C)C[C@@]2(CCO1)C[NH+](CC[NH3+])CC[NH2+]2. The maximum atomic E-state index is 5.85. The van der Waals surface area contributed by atoms with Crippen LogP contribution in [0, 0.1) is 0 Å². The number of rotatable bonds is 2. The van der Waals surface area contributed by atoms with Crippen LogP contribution in [0.1, 0.15) is 26.7 Å². The second-order valence-corrected chi connectivity index (χ2v) is 6.17. The van der Waals surface area contributed by atoms with Gasteiger partial charge in [-0.2, -0.15) is 0 Å². The van der Waals surface area contributed by atoms with Crippen LogP contribution in [-0.2, 0) is 4.74 Å². The summed E-state index contributed by atoms with van der Waals surface area (Å²) in [5.74, 6) is 0. The molecular formula is C12H28N3O+3. The highest BCUT2D eigenvalue weighted by molar-refractivity contribution is 4.90. The highest BCUT2D eigenvalue weighted by atomic mass is 16.5. The standard InChI is InChI=1S/C12H25N3O/c1-11(2)9-12(3-8-16-11)10-15(6-4-13)7-5-14-12/h14H,3-10,13H2,1-2H3/p+3/t12-/m0/s1. The van der Waals surface area contributed by atoms with E-state index in [0.717, 1.165) is 13.2 Å². The topological polar surface area (TPSA) is 57.9 Å². The molecule has 0 aromatic heterocycles. The lowest BCUT2D eigenvalue weighted by Crippen LogP contribution is -3.25. The Morgan fingerprint density at radius 1 is 1.44 bits per heavy atom. The van der Waals surface area contributed by atoms with Crippen LogP contribution in [-0.4, -0.2) is 50.5 Å². The molecule has 0 radical (unpaired) electrons. The molecule has 2 fully saturated rings. The van der Waals surface area contributed by atoms with Crippen molar-refractivity contribution in [2.45, 2.75) is 37.8 Å². The van der Waals surface area contributed by atoms with E-state index in [1.54, 1.807) is 4.90 Å².